The van der Waals surface area contributed by atoms with Crippen LogP contribution in [0, 0.1) is 0 Å². The first-order valence-corrected chi connectivity index (χ1v) is 14.1. The van der Waals surface area contributed by atoms with Gasteiger partial charge in [-0.3, -0.25) is 0 Å². The molecule has 0 spiro atoms. The summed E-state index contributed by atoms with van der Waals surface area (Å²) in [5.74, 6) is 7.93. The number of hydrogen-bond donors (Lipinski definition) is 3. The molecule has 3 aromatic carbocycles. The van der Waals surface area contributed by atoms with Crippen molar-refractivity contribution >= 4 is 28.1 Å². The van der Waals surface area contributed by atoms with Gasteiger partial charge in [0, 0.05) is 56.3 Å². The standard InChI is InChI=1S/C32H40N6O5/c1-39-14-16-42-30-19-27-29(20-31(30)43-17-15-40-2)35-23-36-32(27)37-26-11-6-10-25(18-26)28(33)21-38(34)12-7-13-41-22-24-8-4-3-5-9-24/h3-6,8-11,18-21,23H,7,12-17,22,33-34H2,1-2H3,(H,35,36,37)/b28-21-. The minimum Gasteiger partial charge on any atom is -0.487 e. The van der Waals surface area contributed by atoms with Gasteiger partial charge < -0.3 is 39.7 Å². The van der Waals surface area contributed by atoms with Crippen molar-refractivity contribution in [1.29, 1.82) is 0 Å². The smallest absolute Gasteiger partial charge is 0.163 e. The van der Waals surface area contributed by atoms with Crippen LogP contribution in [0.25, 0.3) is 16.6 Å². The SMILES string of the molecule is COCCOc1cc2ncnc(Nc3cccc(/C(N)=C/N(N)CCCOCc4ccccc4)c3)c2cc1OCCOC. The van der Waals surface area contributed by atoms with Crippen molar-refractivity contribution in [3.05, 3.63) is 90.4 Å². The second kappa shape index (κ2) is 16.9. The number of methoxy groups -OCH3 is 2. The number of nitrogens with two attached hydrogens (primary N) is 2. The molecule has 4 aromatic rings. The first-order chi connectivity index (χ1) is 21.1. The average Bonchev–Trinajstić information content (AvgIpc) is 3.02. The summed E-state index contributed by atoms with van der Waals surface area (Å²) in [6.45, 7) is 3.42. The molecule has 0 saturated heterocycles. The van der Waals surface area contributed by atoms with Crippen molar-refractivity contribution in [2.45, 2.75) is 13.0 Å². The molecule has 11 nitrogen and oxygen atoms in total. The summed E-state index contributed by atoms with van der Waals surface area (Å²) >= 11 is 0. The highest BCUT2D eigenvalue weighted by Crippen LogP contribution is 2.35. The van der Waals surface area contributed by atoms with Crippen LogP contribution in [0.3, 0.4) is 0 Å². The minimum absolute atomic E-state index is 0.367. The van der Waals surface area contributed by atoms with E-state index in [9.17, 15) is 0 Å². The molecule has 0 aliphatic heterocycles. The summed E-state index contributed by atoms with van der Waals surface area (Å²) in [5, 5.41) is 5.74. The van der Waals surface area contributed by atoms with E-state index in [4.69, 9.17) is 35.3 Å². The second-order valence-electron chi connectivity index (χ2n) is 9.64. The maximum atomic E-state index is 6.40. The Morgan fingerprint density at radius 1 is 0.860 bits per heavy atom. The minimum atomic E-state index is 0.367. The zero-order chi connectivity index (χ0) is 30.3. The number of aromatic nitrogens is 2. The number of benzene rings is 3. The number of anilines is 2. The fourth-order valence-corrected chi connectivity index (χ4v) is 4.20. The molecule has 0 aliphatic rings. The van der Waals surface area contributed by atoms with Gasteiger partial charge in [0.2, 0.25) is 0 Å². The van der Waals surface area contributed by atoms with Gasteiger partial charge in [-0.25, -0.2) is 15.8 Å². The first-order valence-electron chi connectivity index (χ1n) is 14.1. The lowest BCUT2D eigenvalue weighted by atomic mass is 10.1. The van der Waals surface area contributed by atoms with E-state index in [0.717, 1.165) is 28.6 Å². The third-order valence-electron chi connectivity index (χ3n) is 6.37. The number of ether oxygens (including phenoxy) is 5. The van der Waals surface area contributed by atoms with Crippen LogP contribution in [0.2, 0.25) is 0 Å². The van der Waals surface area contributed by atoms with E-state index in [2.05, 4.69) is 15.3 Å². The van der Waals surface area contributed by atoms with Gasteiger partial charge in [0.1, 0.15) is 25.4 Å². The molecular weight excluding hydrogens is 548 g/mol. The van der Waals surface area contributed by atoms with Crippen LogP contribution < -0.4 is 26.4 Å². The Morgan fingerprint density at radius 2 is 1.60 bits per heavy atom. The van der Waals surface area contributed by atoms with Gasteiger partial charge in [-0.2, -0.15) is 0 Å². The second-order valence-corrected chi connectivity index (χ2v) is 9.64. The van der Waals surface area contributed by atoms with Crippen LogP contribution in [-0.4, -0.2) is 68.8 Å². The molecule has 0 atom stereocenters. The Bertz CT molecular complexity index is 1450. The first kappa shape index (κ1) is 31.5. The summed E-state index contributed by atoms with van der Waals surface area (Å²) in [7, 11) is 3.25. The highest BCUT2D eigenvalue weighted by atomic mass is 16.5. The van der Waals surface area contributed by atoms with Crippen molar-refractivity contribution < 1.29 is 23.7 Å². The van der Waals surface area contributed by atoms with Gasteiger partial charge in [-0.15, -0.1) is 0 Å². The Kier molecular flexibility index (Phi) is 12.4. The lowest BCUT2D eigenvalue weighted by Crippen LogP contribution is -2.28. The molecule has 0 saturated carbocycles. The highest BCUT2D eigenvalue weighted by Gasteiger charge is 2.13. The molecule has 0 unspecified atom stereocenters. The van der Waals surface area contributed by atoms with E-state index >= 15 is 0 Å². The van der Waals surface area contributed by atoms with Crippen LogP contribution in [0.4, 0.5) is 11.5 Å². The fraction of sp³-hybridized carbons (Fsp3) is 0.312. The molecule has 0 amide bonds. The van der Waals surface area contributed by atoms with Crippen LogP contribution in [0.1, 0.15) is 17.5 Å². The van der Waals surface area contributed by atoms with E-state index in [-0.39, 0.29) is 0 Å². The number of hydrogen-bond acceptors (Lipinski definition) is 11. The maximum absolute atomic E-state index is 6.40. The van der Waals surface area contributed by atoms with Crippen molar-refractivity contribution in [3.8, 4) is 11.5 Å². The number of nitrogens with zero attached hydrogens (tertiary/aromatic N) is 3. The van der Waals surface area contributed by atoms with Gasteiger partial charge >= 0.3 is 0 Å². The molecule has 1 heterocycles. The summed E-state index contributed by atoms with van der Waals surface area (Å²) in [4.78, 5) is 8.93. The number of rotatable bonds is 18. The summed E-state index contributed by atoms with van der Waals surface area (Å²) in [6.07, 6.45) is 4.00. The van der Waals surface area contributed by atoms with E-state index in [1.165, 1.54) is 6.33 Å². The van der Waals surface area contributed by atoms with Gasteiger partial charge in [0.15, 0.2) is 11.5 Å². The predicted octanol–water partition coefficient (Wildman–Crippen LogP) is 4.46. The highest BCUT2D eigenvalue weighted by molar-refractivity contribution is 5.93. The quantitative estimate of drug-likeness (QED) is 0.0862. The molecular formula is C32H40N6O5. The Balaban J connectivity index is 1.41. The van der Waals surface area contributed by atoms with E-state index < -0.39 is 0 Å². The molecule has 4 rings (SSSR count). The van der Waals surface area contributed by atoms with Crippen molar-refractivity contribution in [2.75, 3.05) is 59.1 Å². The molecule has 0 bridgehead atoms. The lowest BCUT2D eigenvalue weighted by molar-refractivity contribution is 0.113. The molecule has 0 fully saturated rings. The fourth-order valence-electron chi connectivity index (χ4n) is 4.20. The molecule has 43 heavy (non-hydrogen) atoms. The van der Waals surface area contributed by atoms with Crippen LogP contribution in [-0.2, 0) is 20.8 Å². The van der Waals surface area contributed by atoms with Crippen molar-refractivity contribution in [3.63, 3.8) is 0 Å². The summed E-state index contributed by atoms with van der Waals surface area (Å²) < 4.78 is 27.8. The molecule has 0 aliphatic carbocycles. The summed E-state index contributed by atoms with van der Waals surface area (Å²) in [5.41, 5.74) is 10.4. The normalized spacial score (nSPS) is 11.5. The molecule has 5 N–H and O–H groups in total. The largest absolute Gasteiger partial charge is 0.487 e. The van der Waals surface area contributed by atoms with Crippen molar-refractivity contribution in [2.24, 2.45) is 11.6 Å². The van der Waals surface area contributed by atoms with Gasteiger partial charge in [0.25, 0.3) is 0 Å². The van der Waals surface area contributed by atoms with Gasteiger partial charge in [-0.05, 0) is 30.2 Å². The van der Waals surface area contributed by atoms with Crippen LogP contribution >= 0.6 is 0 Å². The lowest BCUT2D eigenvalue weighted by Gasteiger charge is -2.16. The van der Waals surface area contributed by atoms with E-state index in [0.29, 0.717) is 74.7 Å². The Hall–Kier alpha value is -4.42. The average molecular weight is 589 g/mol. The topological polar surface area (TPSA) is 139 Å². The van der Waals surface area contributed by atoms with Crippen LogP contribution in [0.15, 0.2) is 79.3 Å². The van der Waals surface area contributed by atoms with Gasteiger partial charge in [-0.1, -0.05) is 42.5 Å². The van der Waals surface area contributed by atoms with Crippen LogP contribution in [0.5, 0.6) is 11.5 Å². The molecule has 228 valence electrons. The zero-order valence-corrected chi connectivity index (χ0v) is 24.7. The monoisotopic (exact) mass is 588 g/mol. The maximum Gasteiger partial charge on any atom is 0.163 e. The molecule has 0 radical (unpaired) electrons. The third-order valence-corrected chi connectivity index (χ3v) is 6.37. The number of nitrogens with one attached hydrogen (secondary N) is 1. The Morgan fingerprint density at radius 3 is 2.35 bits per heavy atom. The zero-order valence-electron chi connectivity index (χ0n) is 24.7. The predicted molar refractivity (Wildman–Crippen MR) is 168 cm³/mol. The van der Waals surface area contributed by atoms with Crippen molar-refractivity contribution in [1.82, 2.24) is 15.0 Å². The van der Waals surface area contributed by atoms with E-state index in [1.807, 2.05) is 66.7 Å². The van der Waals surface area contributed by atoms with E-state index in [1.54, 1.807) is 25.4 Å². The molecule has 11 heteroatoms. The summed E-state index contributed by atoms with van der Waals surface area (Å²) in [6, 6.07) is 21.5. The van der Waals surface area contributed by atoms with Gasteiger partial charge in [0.05, 0.1) is 31.0 Å². The third kappa shape index (κ3) is 9.83. The number of hydrazine groups is 1. The Labute approximate surface area is 252 Å². The molecule has 1 aromatic heterocycles. The number of fused-ring (bicyclic) bond motifs is 1.